The number of nitrogens with two attached hydrogens (primary N) is 1. The van der Waals surface area contributed by atoms with Crippen LogP contribution in [0.3, 0.4) is 0 Å². The minimum atomic E-state index is -0.687. The zero-order valence-corrected chi connectivity index (χ0v) is 12.0. The molecule has 1 unspecified atom stereocenters. The SMILES string of the molecule is COc1ccc(Oc2cc3c(cc2Cl)C(N)C(=O)N3)cc1. The number of carbonyl (C=O) groups excluding carboxylic acids is 1. The van der Waals surface area contributed by atoms with Gasteiger partial charge in [0.15, 0.2) is 0 Å². The molecule has 0 aliphatic carbocycles. The number of fused-ring (bicyclic) bond motifs is 1. The second kappa shape index (κ2) is 5.27. The summed E-state index contributed by atoms with van der Waals surface area (Å²) in [5.74, 6) is 1.56. The van der Waals surface area contributed by atoms with E-state index in [1.165, 1.54) is 0 Å². The van der Waals surface area contributed by atoms with Crippen LogP contribution in [0.15, 0.2) is 36.4 Å². The predicted octanol–water partition coefficient (Wildman–Crippen LogP) is 3.09. The third-order valence-corrected chi connectivity index (χ3v) is 3.56. The third-order valence-electron chi connectivity index (χ3n) is 3.27. The molecule has 108 valence electrons. The smallest absolute Gasteiger partial charge is 0.245 e. The van der Waals surface area contributed by atoms with Gasteiger partial charge in [-0.25, -0.2) is 0 Å². The molecule has 0 aromatic heterocycles. The third kappa shape index (κ3) is 2.53. The van der Waals surface area contributed by atoms with E-state index in [2.05, 4.69) is 5.32 Å². The van der Waals surface area contributed by atoms with Gasteiger partial charge in [0, 0.05) is 17.3 Å². The summed E-state index contributed by atoms with van der Waals surface area (Å²) in [5, 5.41) is 3.10. The van der Waals surface area contributed by atoms with Crippen LogP contribution in [0.2, 0.25) is 5.02 Å². The molecule has 21 heavy (non-hydrogen) atoms. The first-order valence-electron chi connectivity index (χ1n) is 6.30. The maximum absolute atomic E-state index is 11.5. The first kappa shape index (κ1) is 13.7. The van der Waals surface area contributed by atoms with Crippen LogP contribution in [0.5, 0.6) is 17.2 Å². The molecule has 3 rings (SSSR count). The topological polar surface area (TPSA) is 73.6 Å². The molecule has 0 saturated carbocycles. The van der Waals surface area contributed by atoms with Crippen molar-refractivity contribution >= 4 is 23.2 Å². The Labute approximate surface area is 126 Å². The van der Waals surface area contributed by atoms with Crippen LogP contribution in [0.25, 0.3) is 0 Å². The second-order valence-electron chi connectivity index (χ2n) is 4.61. The van der Waals surface area contributed by atoms with Crippen LogP contribution in [0.1, 0.15) is 11.6 Å². The largest absolute Gasteiger partial charge is 0.497 e. The molecule has 1 amide bonds. The summed E-state index contributed by atoms with van der Waals surface area (Å²) in [4.78, 5) is 11.5. The number of benzene rings is 2. The fourth-order valence-corrected chi connectivity index (χ4v) is 2.35. The highest BCUT2D eigenvalue weighted by Gasteiger charge is 2.28. The number of halogens is 1. The Hall–Kier alpha value is -2.24. The summed E-state index contributed by atoms with van der Waals surface area (Å²) >= 11 is 6.19. The van der Waals surface area contributed by atoms with E-state index in [-0.39, 0.29) is 5.91 Å². The van der Waals surface area contributed by atoms with Crippen molar-refractivity contribution in [1.82, 2.24) is 0 Å². The van der Waals surface area contributed by atoms with E-state index in [4.69, 9.17) is 26.8 Å². The van der Waals surface area contributed by atoms with E-state index in [0.29, 0.717) is 27.8 Å². The molecule has 6 heteroatoms. The van der Waals surface area contributed by atoms with E-state index in [9.17, 15) is 4.79 Å². The van der Waals surface area contributed by atoms with Gasteiger partial charge in [-0.15, -0.1) is 0 Å². The summed E-state index contributed by atoms with van der Waals surface area (Å²) in [7, 11) is 1.60. The van der Waals surface area contributed by atoms with Gasteiger partial charge in [-0.2, -0.15) is 0 Å². The predicted molar refractivity (Wildman–Crippen MR) is 80.1 cm³/mol. The Balaban J connectivity index is 1.89. The Bertz CT molecular complexity index is 701. The van der Waals surface area contributed by atoms with E-state index >= 15 is 0 Å². The Morgan fingerprint density at radius 3 is 2.52 bits per heavy atom. The molecule has 1 aliphatic rings. The minimum absolute atomic E-state index is 0.248. The standard InChI is InChI=1S/C15H13ClN2O3/c1-20-8-2-4-9(5-3-8)21-13-7-12-10(6-11(13)16)14(17)15(19)18-12/h2-7,14H,17H2,1H3,(H,18,19). The number of hydrogen-bond acceptors (Lipinski definition) is 4. The highest BCUT2D eigenvalue weighted by Crippen LogP contribution is 2.39. The van der Waals surface area contributed by atoms with Gasteiger partial charge >= 0.3 is 0 Å². The zero-order valence-electron chi connectivity index (χ0n) is 11.2. The highest BCUT2D eigenvalue weighted by atomic mass is 35.5. The lowest BCUT2D eigenvalue weighted by Gasteiger charge is -2.10. The number of anilines is 1. The van der Waals surface area contributed by atoms with Crippen LogP contribution in [-0.4, -0.2) is 13.0 Å². The zero-order chi connectivity index (χ0) is 15.0. The molecule has 0 spiro atoms. The summed E-state index contributed by atoms with van der Waals surface area (Å²) in [6.07, 6.45) is 0. The Morgan fingerprint density at radius 2 is 1.86 bits per heavy atom. The number of nitrogens with one attached hydrogen (secondary N) is 1. The van der Waals surface area contributed by atoms with E-state index in [1.54, 1.807) is 43.5 Å². The molecular formula is C15H13ClN2O3. The number of amides is 1. The summed E-state index contributed by atoms with van der Waals surface area (Å²) in [6, 6.07) is 9.75. The van der Waals surface area contributed by atoms with Gasteiger partial charge in [0.05, 0.1) is 12.1 Å². The summed E-state index contributed by atoms with van der Waals surface area (Å²) in [5.41, 5.74) is 7.07. The van der Waals surface area contributed by atoms with E-state index < -0.39 is 6.04 Å². The molecule has 0 radical (unpaired) electrons. The fraction of sp³-hybridized carbons (Fsp3) is 0.133. The van der Waals surface area contributed by atoms with Crippen LogP contribution < -0.4 is 20.5 Å². The monoisotopic (exact) mass is 304 g/mol. The minimum Gasteiger partial charge on any atom is -0.497 e. The van der Waals surface area contributed by atoms with E-state index in [0.717, 1.165) is 5.75 Å². The van der Waals surface area contributed by atoms with Gasteiger partial charge in [-0.05, 0) is 30.3 Å². The van der Waals surface area contributed by atoms with Crippen molar-refractivity contribution in [2.75, 3.05) is 12.4 Å². The van der Waals surface area contributed by atoms with Crippen LogP contribution in [0, 0.1) is 0 Å². The van der Waals surface area contributed by atoms with Gasteiger partial charge < -0.3 is 20.5 Å². The van der Waals surface area contributed by atoms with Crippen LogP contribution >= 0.6 is 11.6 Å². The van der Waals surface area contributed by atoms with Gasteiger partial charge in [-0.1, -0.05) is 11.6 Å². The summed E-state index contributed by atoms with van der Waals surface area (Å²) in [6.45, 7) is 0. The molecule has 2 aromatic rings. The van der Waals surface area contributed by atoms with Crippen LogP contribution in [-0.2, 0) is 4.79 Å². The number of rotatable bonds is 3. The van der Waals surface area contributed by atoms with Crippen molar-refractivity contribution in [3.63, 3.8) is 0 Å². The summed E-state index contributed by atoms with van der Waals surface area (Å²) < 4.78 is 10.8. The second-order valence-corrected chi connectivity index (χ2v) is 5.02. The first-order chi connectivity index (χ1) is 10.1. The van der Waals surface area contributed by atoms with Gasteiger partial charge in [0.1, 0.15) is 23.3 Å². The number of hydrogen-bond donors (Lipinski definition) is 2. The molecule has 1 atom stereocenters. The van der Waals surface area contributed by atoms with Gasteiger partial charge in [0.2, 0.25) is 5.91 Å². The molecular weight excluding hydrogens is 292 g/mol. The fourth-order valence-electron chi connectivity index (χ4n) is 2.14. The van der Waals surface area contributed by atoms with Crippen molar-refractivity contribution in [2.24, 2.45) is 5.73 Å². The van der Waals surface area contributed by atoms with Crippen molar-refractivity contribution in [1.29, 1.82) is 0 Å². The average molecular weight is 305 g/mol. The molecule has 2 aromatic carbocycles. The van der Waals surface area contributed by atoms with Crippen molar-refractivity contribution < 1.29 is 14.3 Å². The quantitative estimate of drug-likeness (QED) is 0.914. The molecule has 0 bridgehead atoms. The first-order valence-corrected chi connectivity index (χ1v) is 6.68. The average Bonchev–Trinajstić information content (AvgIpc) is 2.75. The van der Waals surface area contributed by atoms with Crippen molar-refractivity contribution in [3.8, 4) is 17.2 Å². The van der Waals surface area contributed by atoms with Crippen molar-refractivity contribution in [3.05, 3.63) is 47.0 Å². The lowest BCUT2D eigenvalue weighted by atomic mass is 10.1. The molecule has 1 heterocycles. The molecule has 0 fully saturated rings. The van der Waals surface area contributed by atoms with E-state index in [1.807, 2.05) is 0 Å². The molecule has 1 aliphatic heterocycles. The lowest BCUT2D eigenvalue weighted by molar-refractivity contribution is -0.116. The maximum Gasteiger partial charge on any atom is 0.245 e. The molecule has 0 saturated heterocycles. The number of carbonyl (C=O) groups is 1. The lowest BCUT2D eigenvalue weighted by Crippen LogP contribution is -2.19. The number of methoxy groups -OCH3 is 1. The van der Waals surface area contributed by atoms with Crippen molar-refractivity contribution in [2.45, 2.75) is 6.04 Å². The highest BCUT2D eigenvalue weighted by molar-refractivity contribution is 6.32. The van der Waals surface area contributed by atoms with Gasteiger partial charge in [0.25, 0.3) is 0 Å². The van der Waals surface area contributed by atoms with Gasteiger partial charge in [-0.3, -0.25) is 4.79 Å². The Morgan fingerprint density at radius 1 is 1.19 bits per heavy atom. The molecule has 3 N–H and O–H groups in total. The molecule has 5 nitrogen and oxygen atoms in total. The maximum atomic E-state index is 11.5. The van der Waals surface area contributed by atoms with Crippen LogP contribution in [0.4, 0.5) is 5.69 Å². The Kier molecular flexibility index (Phi) is 3.45. The number of ether oxygens (including phenoxy) is 2. The normalized spacial score (nSPS) is 16.3.